The first-order valence-electron chi connectivity index (χ1n) is 10.5. The van der Waals surface area contributed by atoms with Crippen molar-refractivity contribution in [2.75, 3.05) is 13.6 Å². The van der Waals surface area contributed by atoms with Gasteiger partial charge in [0.1, 0.15) is 12.0 Å². The summed E-state index contributed by atoms with van der Waals surface area (Å²) in [7, 11) is 2.00. The van der Waals surface area contributed by atoms with Gasteiger partial charge in [0.2, 0.25) is 0 Å². The number of hydrogen-bond acceptors (Lipinski definition) is 5. The average Bonchev–Trinajstić information content (AvgIpc) is 3.16. The van der Waals surface area contributed by atoms with Crippen LogP contribution < -0.4 is 0 Å². The van der Waals surface area contributed by atoms with Gasteiger partial charge in [0.25, 0.3) is 5.91 Å². The van der Waals surface area contributed by atoms with Crippen molar-refractivity contribution in [2.24, 2.45) is 0 Å². The SMILES string of the molecule is CN(Cc1ccncn1)Cc1c(C(=O)N2CCc3ccccc3C2)nc2ccc(Cl)cn12. The third-order valence-electron chi connectivity index (χ3n) is 5.80. The lowest BCUT2D eigenvalue weighted by Gasteiger charge is -2.28. The predicted octanol–water partition coefficient (Wildman–Crippen LogP) is 3.61. The maximum atomic E-state index is 13.6. The number of aromatic nitrogens is 4. The Kier molecular flexibility index (Phi) is 5.59. The fraction of sp³-hybridized carbons (Fsp3) is 0.250. The molecule has 7 nitrogen and oxygen atoms in total. The van der Waals surface area contributed by atoms with Gasteiger partial charge in [-0.1, -0.05) is 35.9 Å². The Bertz CT molecular complexity index is 1270. The zero-order valence-corrected chi connectivity index (χ0v) is 18.5. The minimum Gasteiger partial charge on any atom is -0.333 e. The zero-order chi connectivity index (χ0) is 22.1. The third-order valence-corrected chi connectivity index (χ3v) is 6.02. The second kappa shape index (κ2) is 8.68. The van der Waals surface area contributed by atoms with Gasteiger partial charge >= 0.3 is 0 Å². The predicted molar refractivity (Wildman–Crippen MR) is 122 cm³/mol. The number of hydrogen-bond donors (Lipinski definition) is 0. The second-order valence-electron chi connectivity index (χ2n) is 8.10. The van der Waals surface area contributed by atoms with Gasteiger partial charge in [0.05, 0.1) is 16.4 Å². The highest BCUT2D eigenvalue weighted by molar-refractivity contribution is 6.30. The van der Waals surface area contributed by atoms with Crippen LogP contribution in [0.2, 0.25) is 5.02 Å². The van der Waals surface area contributed by atoms with Gasteiger partial charge in [0, 0.05) is 38.6 Å². The monoisotopic (exact) mass is 446 g/mol. The lowest BCUT2D eigenvalue weighted by atomic mass is 9.99. The molecule has 0 saturated carbocycles. The van der Waals surface area contributed by atoms with E-state index in [1.54, 1.807) is 18.6 Å². The number of nitrogens with zero attached hydrogens (tertiary/aromatic N) is 6. The maximum Gasteiger partial charge on any atom is 0.274 e. The molecule has 1 aromatic carbocycles. The number of carbonyl (C=O) groups excluding carboxylic acids is 1. The Hall–Kier alpha value is -3.29. The molecule has 32 heavy (non-hydrogen) atoms. The zero-order valence-electron chi connectivity index (χ0n) is 17.8. The summed E-state index contributed by atoms with van der Waals surface area (Å²) < 4.78 is 1.92. The summed E-state index contributed by atoms with van der Waals surface area (Å²) >= 11 is 6.28. The van der Waals surface area contributed by atoms with Gasteiger partial charge in [-0.3, -0.25) is 9.69 Å². The molecule has 1 aliphatic rings. The van der Waals surface area contributed by atoms with Gasteiger partial charge in [-0.25, -0.2) is 15.0 Å². The number of carbonyl (C=O) groups is 1. The molecule has 5 rings (SSSR count). The van der Waals surface area contributed by atoms with Crippen LogP contribution in [0.3, 0.4) is 0 Å². The van der Waals surface area contributed by atoms with Gasteiger partial charge in [-0.15, -0.1) is 0 Å². The van der Waals surface area contributed by atoms with Crippen LogP contribution in [-0.4, -0.2) is 48.7 Å². The highest BCUT2D eigenvalue weighted by Crippen LogP contribution is 2.24. The van der Waals surface area contributed by atoms with Crippen LogP contribution >= 0.6 is 11.6 Å². The molecule has 0 atom stereocenters. The number of amides is 1. The quantitative estimate of drug-likeness (QED) is 0.468. The van der Waals surface area contributed by atoms with Crippen LogP contribution in [-0.2, 0) is 26.1 Å². The van der Waals surface area contributed by atoms with Crippen molar-refractivity contribution in [1.82, 2.24) is 29.2 Å². The molecule has 0 bridgehead atoms. The van der Waals surface area contributed by atoms with Crippen LogP contribution in [0.1, 0.15) is 33.0 Å². The third kappa shape index (κ3) is 4.09. The van der Waals surface area contributed by atoms with E-state index in [2.05, 4.69) is 27.0 Å². The lowest BCUT2D eigenvalue weighted by Crippen LogP contribution is -2.37. The van der Waals surface area contributed by atoms with Crippen LogP contribution in [0.15, 0.2) is 61.2 Å². The first kappa shape index (κ1) is 20.6. The molecule has 0 fully saturated rings. The van der Waals surface area contributed by atoms with Crippen LogP contribution in [0.4, 0.5) is 0 Å². The summed E-state index contributed by atoms with van der Waals surface area (Å²) in [5, 5.41) is 0.598. The van der Waals surface area contributed by atoms with E-state index in [0.717, 1.165) is 17.8 Å². The van der Waals surface area contributed by atoms with Gasteiger partial charge < -0.3 is 9.30 Å². The van der Waals surface area contributed by atoms with Crippen LogP contribution in [0.5, 0.6) is 0 Å². The summed E-state index contributed by atoms with van der Waals surface area (Å²) in [4.78, 5) is 30.6. The molecule has 162 valence electrons. The Labute approximate surface area is 191 Å². The summed E-state index contributed by atoms with van der Waals surface area (Å²) in [5.41, 5.74) is 5.42. The molecule has 0 saturated heterocycles. The van der Waals surface area contributed by atoms with Gasteiger partial charge in [-0.05, 0) is 42.8 Å². The van der Waals surface area contributed by atoms with Crippen LogP contribution in [0.25, 0.3) is 5.65 Å². The minimum absolute atomic E-state index is 0.0511. The summed E-state index contributed by atoms with van der Waals surface area (Å²) in [6, 6.07) is 13.8. The van der Waals surface area contributed by atoms with Gasteiger partial charge in [-0.2, -0.15) is 0 Å². The van der Waals surface area contributed by atoms with Crippen molar-refractivity contribution in [3.8, 4) is 0 Å². The normalized spacial score (nSPS) is 13.5. The first-order chi connectivity index (χ1) is 15.6. The van der Waals surface area contributed by atoms with E-state index in [-0.39, 0.29) is 5.91 Å². The Morgan fingerprint density at radius 2 is 1.97 bits per heavy atom. The summed E-state index contributed by atoms with van der Waals surface area (Å²) in [6.07, 6.45) is 5.94. The molecule has 0 spiro atoms. The van der Waals surface area contributed by atoms with E-state index in [9.17, 15) is 4.79 Å². The number of pyridine rings is 1. The average molecular weight is 447 g/mol. The smallest absolute Gasteiger partial charge is 0.274 e. The van der Waals surface area contributed by atoms with Crippen molar-refractivity contribution in [1.29, 1.82) is 0 Å². The summed E-state index contributed by atoms with van der Waals surface area (Å²) in [6.45, 7) is 2.43. The maximum absolute atomic E-state index is 13.6. The molecule has 0 radical (unpaired) electrons. The Morgan fingerprint density at radius 1 is 1.12 bits per heavy atom. The van der Waals surface area contributed by atoms with E-state index in [1.807, 2.05) is 46.8 Å². The molecule has 0 N–H and O–H groups in total. The molecule has 4 heterocycles. The molecular formula is C24H23ClN6O. The van der Waals surface area contributed by atoms with E-state index in [0.29, 0.717) is 42.5 Å². The largest absolute Gasteiger partial charge is 0.333 e. The molecule has 0 aliphatic carbocycles. The van der Waals surface area contributed by atoms with E-state index in [4.69, 9.17) is 16.6 Å². The molecular weight excluding hydrogens is 424 g/mol. The number of halogens is 1. The molecule has 3 aromatic heterocycles. The fourth-order valence-corrected chi connectivity index (χ4v) is 4.37. The Balaban J connectivity index is 1.46. The Morgan fingerprint density at radius 3 is 2.78 bits per heavy atom. The molecule has 4 aromatic rings. The van der Waals surface area contributed by atoms with Crippen LogP contribution in [0, 0.1) is 0 Å². The standard InChI is InChI=1S/C24H23ClN6O/c1-29(14-20-8-10-26-16-27-20)15-21-23(28-22-7-6-19(25)13-31(21)22)24(32)30-11-9-17-4-2-3-5-18(17)12-30/h2-8,10,13,16H,9,11-12,14-15H2,1H3. The molecule has 1 amide bonds. The van der Waals surface area contributed by atoms with Crippen molar-refractivity contribution in [3.63, 3.8) is 0 Å². The lowest BCUT2D eigenvalue weighted by molar-refractivity contribution is 0.0727. The molecule has 8 heteroatoms. The number of benzene rings is 1. The molecule has 0 unspecified atom stereocenters. The van der Waals surface area contributed by atoms with Crippen molar-refractivity contribution >= 4 is 23.2 Å². The number of rotatable bonds is 5. The number of fused-ring (bicyclic) bond motifs is 2. The minimum atomic E-state index is -0.0511. The molecule has 1 aliphatic heterocycles. The van der Waals surface area contributed by atoms with Crippen molar-refractivity contribution < 1.29 is 4.79 Å². The first-order valence-corrected chi connectivity index (χ1v) is 10.9. The number of imidazole rings is 1. The van der Waals surface area contributed by atoms with Crippen molar-refractivity contribution in [3.05, 3.63) is 94.4 Å². The highest BCUT2D eigenvalue weighted by Gasteiger charge is 2.27. The summed E-state index contributed by atoms with van der Waals surface area (Å²) in [5.74, 6) is -0.0511. The van der Waals surface area contributed by atoms with E-state index >= 15 is 0 Å². The van der Waals surface area contributed by atoms with Crippen molar-refractivity contribution in [2.45, 2.75) is 26.1 Å². The highest BCUT2D eigenvalue weighted by atomic mass is 35.5. The fourth-order valence-electron chi connectivity index (χ4n) is 4.21. The van der Waals surface area contributed by atoms with E-state index in [1.165, 1.54) is 11.1 Å². The topological polar surface area (TPSA) is 66.6 Å². The second-order valence-corrected chi connectivity index (χ2v) is 8.54. The van der Waals surface area contributed by atoms with E-state index < -0.39 is 0 Å². The van der Waals surface area contributed by atoms with Gasteiger partial charge in [0.15, 0.2) is 5.69 Å².